The summed E-state index contributed by atoms with van der Waals surface area (Å²) < 4.78 is 31.7. The Morgan fingerprint density at radius 1 is 1.02 bits per heavy atom. The molecule has 8 atom stereocenters. The summed E-state index contributed by atoms with van der Waals surface area (Å²) in [6, 6.07) is 8.67. The van der Waals surface area contributed by atoms with E-state index in [2.05, 4.69) is 16.8 Å². The standard InChI is InChI=1S/C39H63N3O8/c1-27-25-31(40(6)7)32(49-35(44)29-17-11-10-12-18-29)36(48-27)50-34-28(2)33(43)38(3,4)37(45)47-26-30(19-15-24-42-22-13-14-23-42)41(8)21-16-20-39(34,5)46-9/h10-12,17-18,27-28,30-32,34,36H,13-16,19-26H2,1-9H3/t27-,28+,30-,31+,32-,34-,36?,39-/m1/s1. The third-order valence-electron chi connectivity index (χ3n) is 11.3. The summed E-state index contributed by atoms with van der Waals surface area (Å²) in [7, 11) is 7.60. The van der Waals surface area contributed by atoms with Crippen molar-refractivity contribution in [1.29, 1.82) is 0 Å². The van der Waals surface area contributed by atoms with Crippen LogP contribution in [0, 0.1) is 11.3 Å². The van der Waals surface area contributed by atoms with Gasteiger partial charge in [-0.15, -0.1) is 0 Å². The van der Waals surface area contributed by atoms with E-state index in [0.717, 1.165) is 45.4 Å². The Morgan fingerprint density at radius 2 is 1.70 bits per heavy atom. The molecule has 0 spiro atoms. The Morgan fingerprint density at radius 3 is 2.34 bits per heavy atom. The number of carbonyl (C=O) groups is 3. The molecule has 0 N–H and O–H groups in total. The second kappa shape index (κ2) is 17.9. The van der Waals surface area contributed by atoms with Crippen LogP contribution in [0.3, 0.4) is 0 Å². The lowest BCUT2D eigenvalue weighted by atomic mass is 9.75. The van der Waals surface area contributed by atoms with Crippen molar-refractivity contribution in [2.75, 3.05) is 61.0 Å². The lowest BCUT2D eigenvalue weighted by molar-refractivity contribution is -0.294. The molecule has 3 aliphatic rings. The first kappa shape index (κ1) is 40.4. The molecule has 3 saturated heterocycles. The summed E-state index contributed by atoms with van der Waals surface area (Å²) in [6.07, 6.45) is 3.53. The number of likely N-dealkylation sites (tertiary alicyclic amines) is 1. The number of hydrogen-bond acceptors (Lipinski definition) is 11. The summed E-state index contributed by atoms with van der Waals surface area (Å²) in [6.45, 7) is 13.3. The van der Waals surface area contributed by atoms with Crippen molar-refractivity contribution < 1.29 is 38.1 Å². The number of ether oxygens (including phenoxy) is 5. The van der Waals surface area contributed by atoms with Gasteiger partial charge in [-0.05, 0) is 132 Å². The van der Waals surface area contributed by atoms with Crippen molar-refractivity contribution in [2.24, 2.45) is 11.3 Å². The Labute approximate surface area is 300 Å². The molecule has 0 radical (unpaired) electrons. The molecule has 1 aromatic carbocycles. The Kier molecular flexibility index (Phi) is 14.4. The van der Waals surface area contributed by atoms with Crippen LogP contribution < -0.4 is 0 Å². The fourth-order valence-electron chi connectivity index (χ4n) is 7.84. The average Bonchev–Trinajstić information content (AvgIpc) is 3.62. The molecule has 3 heterocycles. The van der Waals surface area contributed by atoms with Gasteiger partial charge < -0.3 is 38.4 Å². The summed E-state index contributed by atoms with van der Waals surface area (Å²) in [5.74, 6) is -2.12. The van der Waals surface area contributed by atoms with Gasteiger partial charge in [0.1, 0.15) is 12.0 Å². The van der Waals surface area contributed by atoms with Crippen LogP contribution in [0.5, 0.6) is 0 Å². The van der Waals surface area contributed by atoms with Gasteiger partial charge in [0.15, 0.2) is 18.2 Å². The molecule has 3 aliphatic heterocycles. The molecule has 1 unspecified atom stereocenters. The highest BCUT2D eigenvalue weighted by molar-refractivity contribution is 6.04. The molecular formula is C39H63N3O8. The number of methoxy groups -OCH3 is 1. The predicted octanol–water partition coefficient (Wildman–Crippen LogP) is 4.81. The Bertz CT molecular complexity index is 1250. The number of nitrogens with zero attached hydrogens (tertiary/aromatic N) is 3. The van der Waals surface area contributed by atoms with Gasteiger partial charge >= 0.3 is 11.9 Å². The number of carbonyl (C=O) groups excluding carboxylic acids is 3. The van der Waals surface area contributed by atoms with E-state index in [1.807, 2.05) is 38.9 Å². The molecule has 50 heavy (non-hydrogen) atoms. The van der Waals surface area contributed by atoms with Gasteiger partial charge in [0.2, 0.25) is 0 Å². The van der Waals surface area contributed by atoms with E-state index in [-0.39, 0.29) is 30.6 Å². The van der Waals surface area contributed by atoms with Gasteiger partial charge in [-0.1, -0.05) is 25.1 Å². The zero-order chi connectivity index (χ0) is 36.6. The Balaban J connectivity index is 1.62. The lowest BCUT2D eigenvalue weighted by Crippen LogP contribution is -2.60. The van der Waals surface area contributed by atoms with E-state index in [0.29, 0.717) is 18.4 Å². The molecule has 0 aromatic heterocycles. The molecule has 3 fully saturated rings. The van der Waals surface area contributed by atoms with Crippen LogP contribution >= 0.6 is 0 Å². The van der Waals surface area contributed by atoms with Crippen molar-refractivity contribution in [3.63, 3.8) is 0 Å². The van der Waals surface area contributed by atoms with Gasteiger partial charge in [0.25, 0.3) is 0 Å². The molecule has 0 bridgehead atoms. The topological polar surface area (TPSA) is 107 Å². The molecule has 0 aliphatic carbocycles. The van der Waals surface area contributed by atoms with Crippen LogP contribution in [-0.2, 0) is 33.3 Å². The SMILES string of the molecule is CO[C@]1(C)CCCN(C)[C@H](CCCN2CCCC2)COC(=O)C(C)(C)C(=O)[C@H](C)[C@H]1OC1O[C@H](C)C[C@H](N(C)C)[C@H]1OC(=O)c1ccccc1. The predicted molar refractivity (Wildman–Crippen MR) is 192 cm³/mol. The zero-order valence-corrected chi connectivity index (χ0v) is 32.0. The highest BCUT2D eigenvalue weighted by Crippen LogP contribution is 2.38. The monoisotopic (exact) mass is 701 g/mol. The van der Waals surface area contributed by atoms with Gasteiger partial charge in [-0.3, -0.25) is 9.59 Å². The van der Waals surface area contributed by atoms with Crippen LogP contribution in [0.15, 0.2) is 30.3 Å². The summed E-state index contributed by atoms with van der Waals surface area (Å²) in [5, 5.41) is 0. The van der Waals surface area contributed by atoms with Gasteiger partial charge in [0.05, 0.1) is 29.4 Å². The zero-order valence-electron chi connectivity index (χ0n) is 32.0. The van der Waals surface area contributed by atoms with Crippen molar-refractivity contribution >= 4 is 17.7 Å². The summed E-state index contributed by atoms with van der Waals surface area (Å²) in [5.41, 5.74) is -1.96. The fraction of sp³-hybridized carbons (Fsp3) is 0.769. The number of ketones is 1. The fourth-order valence-corrected chi connectivity index (χ4v) is 7.84. The summed E-state index contributed by atoms with van der Waals surface area (Å²) >= 11 is 0. The smallest absolute Gasteiger partial charge is 0.338 e. The van der Waals surface area contributed by atoms with E-state index in [1.165, 1.54) is 12.8 Å². The molecule has 0 amide bonds. The van der Waals surface area contributed by atoms with E-state index in [1.54, 1.807) is 52.1 Å². The van der Waals surface area contributed by atoms with Crippen LogP contribution in [-0.4, -0.2) is 136 Å². The average molecular weight is 702 g/mol. The maximum Gasteiger partial charge on any atom is 0.338 e. The molecule has 1 aromatic rings. The first-order valence-electron chi connectivity index (χ1n) is 18.6. The maximum absolute atomic E-state index is 14.4. The van der Waals surface area contributed by atoms with Crippen molar-refractivity contribution in [1.82, 2.24) is 14.7 Å². The first-order chi connectivity index (χ1) is 23.7. The van der Waals surface area contributed by atoms with Crippen molar-refractivity contribution in [3.8, 4) is 0 Å². The minimum Gasteiger partial charge on any atom is -0.463 e. The van der Waals surface area contributed by atoms with Gasteiger partial charge in [-0.2, -0.15) is 0 Å². The van der Waals surface area contributed by atoms with E-state index in [9.17, 15) is 14.4 Å². The first-order valence-corrected chi connectivity index (χ1v) is 18.6. The molecule has 11 nitrogen and oxygen atoms in total. The number of Topliss-reactive ketones (excluding diaryl/α,β-unsaturated/α-hetero) is 1. The quantitative estimate of drug-likeness (QED) is 0.248. The number of rotatable bonds is 10. The highest BCUT2D eigenvalue weighted by Gasteiger charge is 2.52. The van der Waals surface area contributed by atoms with Crippen molar-refractivity contribution in [3.05, 3.63) is 35.9 Å². The molecule has 11 heteroatoms. The Hall–Kier alpha value is -2.41. The van der Waals surface area contributed by atoms with Gasteiger partial charge in [0, 0.05) is 19.1 Å². The number of hydrogen-bond donors (Lipinski definition) is 0. The molecule has 4 rings (SSSR count). The second-order valence-corrected chi connectivity index (χ2v) is 15.7. The van der Waals surface area contributed by atoms with Gasteiger partial charge in [-0.25, -0.2) is 4.79 Å². The largest absolute Gasteiger partial charge is 0.463 e. The van der Waals surface area contributed by atoms with Crippen LogP contribution in [0.25, 0.3) is 0 Å². The maximum atomic E-state index is 14.4. The normalized spacial score (nSPS) is 33.7. The molecule has 282 valence electrons. The number of cyclic esters (lactones) is 1. The van der Waals surface area contributed by atoms with Crippen LogP contribution in [0.2, 0.25) is 0 Å². The van der Waals surface area contributed by atoms with E-state index in [4.69, 9.17) is 23.7 Å². The number of benzene rings is 1. The molecule has 0 saturated carbocycles. The van der Waals surface area contributed by atoms with Crippen molar-refractivity contribution in [2.45, 2.75) is 122 Å². The minimum absolute atomic E-state index is 0.0339. The summed E-state index contributed by atoms with van der Waals surface area (Å²) in [4.78, 5) is 48.3. The third kappa shape index (κ3) is 9.92. The van der Waals surface area contributed by atoms with E-state index >= 15 is 0 Å². The lowest BCUT2D eigenvalue weighted by Gasteiger charge is -2.47. The van der Waals surface area contributed by atoms with Crippen LogP contribution in [0.1, 0.15) is 89.9 Å². The second-order valence-electron chi connectivity index (χ2n) is 15.7. The third-order valence-corrected chi connectivity index (χ3v) is 11.3. The highest BCUT2D eigenvalue weighted by atomic mass is 16.7. The number of likely N-dealkylation sites (N-methyl/N-ethyl adjacent to an activating group) is 2. The number of esters is 2. The molecular weight excluding hydrogens is 638 g/mol. The minimum atomic E-state index is -1.44. The van der Waals surface area contributed by atoms with E-state index < -0.39 is 47.4 Å². The van der Waals surface area contributed by atoms with Crippen LogP contribution in [0.4, 0.5) is 0 Å².